The van der Waals surface area contributed by atoms with Gasteiger partial charge in [-0.15, -0.1) is 0 Å². The monoisotopic (exact) mass is 354 g/mol. The minimum Gasteiger partial charge on any atom is -0.339 e. The lowest BCUT2D eigenvalue weighted by atomic mass is 10.1. The summed E-state index contributed by atoms with van der Waals surface area (Å²) in [5.74, 6) is -0.160. The first kappa shape index (κ1) is 17.2. The van der Waals surface area contributed by atoms with Crippen molar-refractivity contribution in [1.82, 2.24) is 4.90 Å². The van der Waals surface area contributed by atoms with Crippen LogP contribution in [-0.4, -0.2) is 37.6 Å². The summed E-state index contributed by atoms with van der Waals surface area (Å²) in [7, 11) is -3.37. The van der Waals surface area contributed by atoms with Crippen LogP contribution in [0.2, 0.25) is 0 Å². The summed E-state index contributed by atoms with van der Waals surface area (Å²) in [5, 5.41) is 8.48. The molecule has 0 saturated carbocycles. The van der Waals surface area contributed by atoms with Crippen LogP contribution in [0.4, 0.5) is 0 Å². The Morgan fingerprint density at radius 2 is 1.72 bits per heavy atom. The quantitative estimate of drug-likeness (QED) is 0.849. The summed E-state index contributed by atoms with van der Waals surface area (Å²) >= 11 is 0. The predicted octanol–water partition coefficient (Wildman–Crippen LogP) is 2.64. The van der Waals surface area contributed by atoms with E-state index in [2.05, 4.69) is 0 Å². The Morgan fingerprint density at radius 3 is 2.36 bits per heavy atom. The zero-order valence-corrected chi connectivity index (χ0v) is 14.4. The van der Waals surface area contributed by atoms with E-state index in [9.17, 15) is 13.2 Å². The maximum atomic E-state index is 12.7. The van der Waals surface area contributed by atoms with Crippen LogP contribution in [0.15, 0.2) is 59.5 Å². The van der Waals surface area contributed by atoms with E-state index in [1.54, 1.807) is 59.5 Å². The molecule has 0 spiro atoms. The molecule has 1 saturated heterocycles. The number of rotatable bonds is 3. The van der Waals surface area contributed by atoms with Crippen LogP contribution in [-0.2, 0) is 9.84 Å². The highest BCUT2D eigenvalue weighted by Gasteiger charge is 2.32. The normalized spacial score (nSPS) is 15.6. The van der Waals surface area contributed by atoms with Crippen molar-refractivity contribution >= 4 is 15.7 Å². The van der Waals surface area contributed by atoms with E-state index < -0.39 is 15.1 Å². The Morgan fingerprint density at radius 1 is 1.04 bits per heavy atom. The van der Waals surface area contributed by atoms with E-state index in [4.69, 9.17) is 5.26 Å². The summed E-state index contributed by atoms with van der Waals surface area (Å²) < 4.78 is 25.4. The Hall–Kier alpha value is -2.65. The molecule has 128 valence electrons. The molecule has 25 heavy (non-hydrogen) atoms. The average Bonchev–Trinajstić information content (AvgIpc) is 2.68. The second-order valence-corrected chi connectivity index (χ2v) is 8.27. The largest absolute Gasteiger partial charge is 0.339 e. The van der Waals surface area contributed by atoms with Crippen LogP contribution in [0.3, 0.4) is 0 Å². The lowest BCUT2D eigenvalue weighted by Crippen LogP contribution is -2.42. The maximum absolute atomic E-state index is 12.7. The first-order chi connectivity index (χ1) is 12.0. The number of sulfone groups is 1. The number of benzene rings is 2. The van der Waals surface area contributed by atoms with Crippen molar-refractivity contribution in [3.05, 3.63) is 65.7 Å². The predicted molar refractivity (Wildman–Crippen MR) is 93.7 cm³/mol. The third-order valence-corrected chi connectivity index (χ3v) is 6.76. The third kappa shape index (κ3) is 3.57. The first-order valence-electron chi connectivity index (χ1n) is 8.11. The number of amides is 1. The molecule has 1 amide bonds. The number of nitriles is 1. The fourth-order valence-electron chi connectivity index (χ4n) is 3.08. The molecule has 1 aliphatic rings. The molecule has 0 N–H and O–H groups in total. The maximum Gasteiger partial charge on any atom is 0.253 e. The molecule has 0 atom stereocenters. The van der Waals surface area contributed by atoms with Gasteiger partial charge in [0, 0.05) is 18.7 Å². The number of likely N-dealkylation sites (tertiary alicyclic amines) is 1. The highest BCUT2D eigenvalue weighted by Crippen LogP contribution is 2.25. The molecule has 0 unspecified atom stereocenters. The number of piperidine rings is 1. The molecule has 1 aliphatic heterocycles. The Kier molecular flexibility index (Phi) is 4.86. The number of hydrogen-bond acceptors (Lipinski definition) is 4. The van der Waals surface area contributed by atoms with Crippen molar-refractivity contribution in [2.75, 3.05) is 13.1 Å². The van der Waals surface area contributed by atoms with Gasteiger partial charge < -0.3 is 4.90 Å². The van der Waals surface area contributed by atoms with Crippen LogP contribution in [0, 0.1) is 11.3 Å². The van der Waals surface area contributed by atoms with Gasteiger partial charge in [0.2, 0.25) is 0 Å². The zero-order chi connectivity index (χ0) is 17.9. The number of carbonyl (C=O) groups is 1. The first-order valence-corrected chi connectivity index (χ1v) is 9.65. The van der Waals surface area contributed by atoms with Gasteiger partial charge in [-0.1, -0.05) is 24.3 Å². The van der Waals surface area contributed by atoms with E-state index in [0.29, 0.717) is 42.0 Å². The van der Waals surface area contributed by atoms with Gasteiger partial charge in [-0.25, -0.2) is 8.42 Å². The van der Waals surface area contributed by atoms with Crippen LogP contribution in [0.5, 0.6) is 0 Å². The lowest BCUT2D eigenvalue weighted by molar-refractivity contribution is 0.0725. The van der Waals surface area contributed by atoms with Gasteiger partial charge in [-0.2, -0.15) is 5.26 Å². The summed E-state index contributed by atoms with van der Waals surface area (Å²) in [4.78, 5) is 14.6. The molecule has 2 aromatic rings. The fraction of sp³-hybridized carbons (Fsp3) is 0.263. The van der Waals surface area contributed by atoms with Crippen molar-refractivity contribution < 1.29 is 13.2 Å². The van der Waals surface area contributed by atoms with E-state index in [1.165, 1.54) is 0 Å². The number of hydrogen-bond donors (Lipinski definition) is 0. The summed E-state index contributed by atoms with van der Waals surface area (Å²) in [6.45, 7) is 0.790. The highest BCUT2D eigenvalue weighted by atomic mass is 32.2. The Balaban J connectivity index is 1.70. The Bertz CT molecular complexity index is 909. The fourth-order valence-corrected chi connectivity index (χ4v) is 4.83. The van der Waals surface area contributed by atoms with Gasteiger partial charge in [0.1, 0.15) is 0 Å². The second-order valence-electron chi connectivity index (χ2n) is 6.04. The van der Waals surface area contributed by atoms with E-state index in [1.807, 2.05) is 6.07 Å². The molecule has 1 fully saturated rings. The van der Waals surface area contributed by atoms with E-state index >= 15 is 0 Å². The topological polar surface area (TPSA) is 78.2 Å². The molecule has 0 radical (unpaired) electrons. The highest BCUT2D eigenvalue weighted by molar-refractivity contribution is 7.92. The smallest absolute Gasteiger partial charge is 0.253 e. The molecular weight excluding hydrogens is 336 g/mol. The number of nitrogens with zero attached hydrogens (tertiary/aromatic N) is 2. The minimum absolute atomic E-state index is 0.160. The molecule has 0 bridgehead atoms. The van der Waals surface area contributed by atoms with E-state index in [0.717, 1.165) is 0 Å². The number of carbonyl (C=O) groups excluding carboxylic acids is 1. The van der Waals surface area contributed by atoms with Crippen LogP contribution >= 0.6 is 0 Å². The van der Waals surface area contributed by atoms with Gasteiger partial charge in [-0.3, -0.25) is 4.79 Å². The van der Waals surface area contributed by atoms with Gasteiger partial charge in [0.05, 0.1) is 21.8 Å². The summed E-state index contributed by atoms with van der Waals surface area (Å²) in [5.41, 5.74) is 0.899. The second kappa shape index (κ2) is 7.08. The van der Waals surface area contributed by atoms with Gasteiger partial charge in [0.25, 0.3) is 5.91 Å². The molecule has 3 rings (SSSR count). The van der Waals surface area contributed by atoms with Crippen molar-refractivity contribution in [3.8, 4) is 6.07 Å². The van der Waals surface area contributed by atoms with Crippen molar-refractivity contribution in [2.24, 2.45) is 0 Å². The van der Waals surface area contributed by atoms with Crippen molar-refractivity contribution in [1.29, 1.82) is 5.26 Å². The molecule has 6 heteroatoms. The van der Waals surface area contributed by atoms with Gasteiger partial charge >= 0.3 is 0 Å². The molecule has 5 nitrogen and oxygen atoms in total. The SMILES string of the molecule is N#Cc1cccc(C(=O)N2CCC(S(=O)(=O)c3ccccc3)CC2)c1. The van der Waals surface area contributed by atoms with Crippen LogP contribution in [0.25, 0.3) is 0 Å². The van der Waals surface area contributed by atoms with Gasteiger partial charge in [0.15, 0.2) is 9.84 Å². The molecule has 1 heterocycles. The van der Waals surface area contributed by atoms with E-state index in [-0.39, 0.29) is 5.91 Å². The zero-order valence-electron chi connectivity index (χ0n) is 13.6. The molecule has 2 aromatic carbocycles. The minimum atomic E-state index is -3.37. The lowest BCUT2D eigenvalue weighted by Gasteiger charge is -2.31. The summed E-state index contributed by atoms with van der Waals surface area (Å²) in [6.07, 6.45) is 0.835. The molecular formula is C19H18N2O3S. The van der Waals surface area contributed by atoms with Crippen LogP contribution in [0.1, 0.15) is 28.8 Å². The summed E-state index contributed by atoms with van der Waals surface area (Å²) in [6, 6.07) is 17.0. The van der Waals surface area contributed by atoms with Gasteiger partial charge in [-0.05, 0) is 43.2 Å². The van der Waals surface area contributed by atoms with Crippen molar-refractivity contribution in [3.63, 3.8) is 0 Å². The standard InChI is InChI=1S/C19H18N2O3S/c20-14-15-5-4-6-16(13-15)19(22)21-11-9-18(10-12-21)25(23,24)17-7-2-1-3-8-17/h1-8,13,18H,9-12H2. The molecule has 0 aliphatic carbocycles. The average molecular weight is 354 g/mol. The van der Waals surface area contributed by atoms with Crippen LogP contribution < -0.4 is 0 Å². The third-order valence-electron chi connectivity index (χ3n) is 4.48. The molecule has 0 aromatic heterocycles. The Labute approximate surface area is 147 Å². The van der Waals surface area contributed by atoms with Crippen molar-refractivity contribution in [2.45, 2.75) is 23.0 Å².